The van der Waals surface area contributed by atoms with Crippen molar-refractivity contribution in [3.63, 3.8) is 0 Å². The molecule has 0 aromatic heterocycles. The highest BCUT2D eigenvalue weighted by molar-refractivity contribution is 9.09. The van der Waals surface area contributed by atoms with Crippen LogP contribution in [0.15, 0.2) is 18.2 Å². The Balaban J connectivity index is 1.80. The van der Waals surface area contributed by atoms with Gasteiger partial charge in [0.25, 0.3) is 0 Å². The Morgan fingerprint density at radius 1 is 1.31 bits per heavy atom. The smallest absolute Gasteiger partial charge is 0.250 e. The van der Waals surface area contributed by atoms with Crippen molar-refractivity contribution >= 4 is 39.3 Å². The first-order valence-corrected chi connectivity index (χ1v) is 12.0. The Labute approximate surface area is 196 Å². The summed E-state index contributed by atoms with van der Waals surface area (Å²) in [5.74, 6) is -2.39. The Kier molecular flexibility index (Phi) is 6.11. The number of carbonyl (C=O) groups is 3. The normalized spacial score (nSPS) is 33.9. The Hall–Kier alpha value is -1.97. The van der Waals surface area contributed by atoms with Crippen LogP contribution in [0.3, 0.4) is 0 Å². The first-order valence-electron chi connectivity index (χ1n) is 11.0. The van der Waals surface area contributed by atoms with Crippen LogP contribution in [0.4, 0.5) is 5.69 Å². The molecule has 3 N–H and O–H groups in total. The summed E-state index contributed by atoms with van der Waals surface area (Å²) in [4.78, 5) is 41.6. The first kappa shape index (κ1) is 23.2. The summed E-state index contributed by atoms with van der Waals surface area (Å²) < 4.78 is 6.39. The van der Waals surface area contributed by atoms with Gasteiger partial charge in [0.05, 0.1) is 30.6 Å². The van der Waals surface area contributed by atoms with Crippen LogP contribution < -0.4 is 10.6 Å². The third kappa shape index (κ3) is 3.20. The van der Waals surface area contributed by atoms with Crippen LogP contribution in [0.25, 0.3) is 0 Å². The van der Waals surface area contributed by atoms with E-state index in [1.54, 1.807) is 0 Å². The Bertz CT molecular complexity index is 931. The van der Waals surface area contributed by atoms with Gasteiger partial charge >= 0.3 is 0 Å². The lowest BCUT2D eigenvalue weighted by Crippen LogP contribution is -2.56. The van der Waals surface area contributed by atoms with Crippen LogP contribution in [0.2, 0.25) is 0 Å². The topological polar surface area (TPSA) is 108 Å². The van der Waals surface area contributed by atoms with Gasteiger partial charge in [-0.2, -0.15) is 0 Å². The maximum absolute atomic E-state index is 13.8. The van der Waals surface area contributed by atoms with Crippen LogP contribution in [0.1, 0.15) is 30.9 Å². The summed E-state index contributed by atoms with van der Waals surface area (Å²) in [6, 6.07) is 4.26. The Morgan fingerprint density at radius 3 is 2.53 bits per heavy atom. The molecular formula is C23H30BrN3O5. The van der Waals surface area contributed by atoms with Gasteiger partial charge in [0.1, 0.15) is 11.6 Å². The number of anilines is 1. The molecule has 0 aliphatic carbocycles. The molecule has 9 heteroatoms. The number of amides is 3. The highest BCUT2D eigenvalue weighted by atomic mass is 79.9. The fourth-order valence-corrected chi connectivity index (χ4v) is 6.79. The van der Waals surface area contributed by atoms with E-state index in [4.69, 9.17) is 4.74 Å². The third-order valence-corrected chi connectivity index (χ3v) is 8.17. The van der Waals surface area contributed by atoms with Gasteiger partial charge in [-0.3, -0.25) is 14.4 Å². The number of likely N-dealkylation sites (tertiary alicyclic amines) is 1. The van der Waals surface area contributed by atoms with E-state index >= 15 is 0 Å². The molecule has 3 saturated heterocycles. The molecule has 1 spiro atoms. The molecule has 1 aromatic carbocycles. The second-order valence-electron chi connectivity index (χ2n) is 9.02. The van der Waals surface area contributed by atoms with Crippen molar-refractivity contribution in [1.29, 1.82) is 0 Å². The predicted molar refractivity (Wildman–Crippen MR) is 122 cm³/mol. The molecule has 1 aromatic rings. The second kappa shape index (κ2) is 8.43. The number of para-hydroxylation sites is 1. The minimum Gasteiger partial charge on any atom is -0.394 e. The van der Waals surface area contributed by atoms with Crippen molar-refractivity contribution in [2.75, 3.05) is 19.0 Å². The zero-order valence-electron chi connectivity index (χ0n) is 18.7. The summed E-state index contributed by atoms with van der Waals surface area (Å²) in [6.07, 6.45) is 0.421. The number of rotatable bonds is 6. The summed E-state index contributed by atoms with van der Waals surface area (Å²) in [6.45, 7) is 5.42. The largest absolute Gasteiger partial charge is 0.394 e. The minimum absolute atomic E-state index is 0.154. The van der Waals surface area contributed by atoms with E-state index in [0.29, 0.717) is 18.5 Å². The van der Waals surface area contributed by atoms with Gasteiger partial charge in [-0.1, -0.05) is 41.1 Å². The number of hydrogen-bond acceptors (Lipinski definition) is 5. The number of fused-ring (bicyclic) bond motifs is 1. The average molecular weight is 508 g/mol. The SMILES string of the molecule is CC[C@@H](CO)N1C(=O)[C@@H]2[C@@H](C(=O)NC)[C@@H]3OC2(CC3Br)C1C(=O)Nc1c(C)cccc1C. The molecule has 174 valence electrons. The van der Waals surface area contributed by atoms with Crippen LogP contribution in [0.5, 0.6) is 0 Å². The zero-order chi connectivity index (χ0) is 23.4. The highest BCUT2D eigenvalue weighted by Gasteiger charge is 2.76. The van der Waals surface area contributed by atoms with Crippen molar-refractivity contribution in [2.45, 2.75) is 62.2 Å². The molecule has 32 heavy (non-hydrogen) atoms. The van der Waals surface area contributed by atoms with Gasteiger partial charge in [-0.15, -0.1) is 0 Å². The molecule has 3 aliphatic heterocycles. The minimum atomic E-state index is -1.13. The molecule has 3 fully saturated rings. The number of aliphatic hydroxyl groups excluding tert-OH is 1. The number of nitrogens with zero attached hydrogens (tertiary/aromatic N) is 1. The number of nitrogens with one attached hydrogen (secondary N) is 2. The number of aliphatic hydroxyl groups is 1. The highest BCUT2D eigenvalue weighted by Crippen LogP contribution is 2.60. The van der Waals surface area contributed by atoms with Crippen LogP contribution in [-0.4, -0.2) is 70.0 Å². The van der Waals surface area contributed by atoms with Gasteiger partial charge in [-0.05, 0) is 37.8 Å². The van der Waals surface area contributed by atoms with E-state index in [1.165, 1.54) is 11.9 Å². The van der Waals surface area contributed by atoms with Gasteiger partial charge in [-0.25, -0.2) is 0 Å². The molecule has 0 radical (unpaired) electrons. The maximum atomic E-state index is 13.8. The fraction of sp³-hybridized carbons (Fsp3) is 0.609. The Morgan fingerprint density at radius 2 is 1.97 bits per heavy atom. The van der Waals surface area contributed by atoms with Crippen molar-refractivity contribution in [1.82, 2.24) is 10.2 Å². The molecule has 3 amide bonds. The first-order chi connectivity index (χ1) is 15.2. The van der Waals surface area contributed by atoms with Gasteiger partial charge < -0.3 is 25.4 Å². The number of halogens is 1. The summed E-state index contributed by atoms with van der Waals surface area (Å²) in [5.41, 5.74) is 1.40. The third-order valence-electron chi connectivity index (χ3n) is 7.33. The summed E-state index contributed by atoms with van der Waals surface area (Å²) >= 11 is 3.63. The number of ether oxygens (including phenoxy) is 1. The molecule has 3 aliphatic rings. The van der Waals surface area contributed by atoms with Gasteiger partial charge in [0, 0.05) is 17.6 Å². The quantitative estimate of drug-likeness (QED) is 0.505. The lowest BCUT2D eigenvalue weighted by atomic mass is 9.70. The van der Waals surface area contributed by atoms with Crippen LogP contribution in [-0.2, 0) is 19.1 Å². The molecule has 7 atom stereocenters. The number of benzene rings is 1. The maximum Gasteiger partial charge on any atom is 0.250 e. The molecule has 3 unspecified atom stereocenters. The summed E-state index contributed by atoms with van der Waals surface area (Å²) in [7, 11) is 1.54. The second-order valence-corrected chi connectivity index (χ2v) is 10.2. The molecule has 4 rings (SSSR count). The zero-order valence-corrected chi connectivity index (χ0v) is 20.3. The van der Waals surface area contributed by atoms with E-state index in [2.05, 4.69) is 26.6 Å². The van der Waals surface area contributed by atoms with Crippen molar-refractivity contribution in [3.8, 4) is 0 Å². The predicted octanol–water partition coefficient (Wildman–Crippen LogP) is 1.51. The van der Waals surface area contributed by atoms with Gasteiger partial charge in [0.15, 0.2) is 0 Å². The van der Waals surface area contributed by atoms with E-state index in [9.17, 15) is 19.5 Å². The number of alkyl halides is 1. The standard InChI is InChI=1S/C23H30BrN3O5/c1-5-13(10-28)27-19(21(30)26-17-11(2)7-6-8-12(17)3)23-9-14(24)18(32-23)15(20(29)25-4)16(23)22(27)31/h6-8,13-16,18-19,28H,5,9-10H2,1-4H3,(H,25,29)(H,26,30)/t13-,14?,15+,16-,18+,19?,23?/m0/s1. The van der Waals surface area contributed by atoms with E-state index in [1.807, 2.05) is 39.0 Å². The number of carbonyl (C=O) groups excluding carboxylic acids is 3. The molecule has 3 heterocycles. The number of aryl methyl sites for hydroxylation is 2. The van der Waals surface area contributed by atoms with Crippen molar-refractivity contribution in [3.05, 3.63) is 29.3 Å². The lowest BCUT2D eigenvalue weighted by Gasteiger charge is -2.36. The van der Waals surface area contributed by atoms with E-state index in [0.717, 1.165) is 11.1 Å². The van der Waals surface area contributed by atoms with E-state index in [-0.39, 0.29) is 29.2 Å². The monoisotopic (exact) mass is 507 g/mol. The molecule has 2 bridgehead atoms. The van der Waals surface area contributed by atoms with Crippen molar-refractivity contribution in [2.24, 2.45) is 11.8 Å². The average Bonchev–Trinajstić information content (AvgIpc) is 3.35. The molecular weight excluding hydrogens is 478 g/mol. The molecule has 8 nitrogen and oxygen atoms in total. The lowest BCUT2D eigenvalue weighted by molar-refractivity contribution is -0.144. The van der Waals surface area contributed by atoms with E-state index < -0.39 is 35.6 Å². The van der Waals surface area contributed by atoms with Gasteiger partial charge in [0.2, 0.25) is 17.7 Å². The fourth-order valence-electron chi connectivity index (χ4n) is 5.84. The summed E-state index contributed by atoms with van der Waals surface area (Å²) in [5, 5.41) is 15.7. The molecule has 0 saturated carbocycles. The van der Waals surface area contributed by atoms with Crippen LogP contribution >= 0.6 is 15.9 Å². The van der Waals surface area contributed by atoms with Crippen molar-refractivity contribution < 1.29 is 24.2 Å². The number of hydrogen-bond donors (Lipinski definition) is 3. The van der Waals surface area contributed by atoms with Crippen LogP contribution in [0, 0.1) is 25.7 Å².